The lowest BCUT2D eigenvalue weighted by atomic mass is 10.1. The first-order chi connectivity index (χ1) is 14.9. The number of aromatic amines is 1. The van der Waals surface area contributed by atoms with Crippen molar-refractivity contribution in [1.29, 1.82) is 0 Å². The maximum atomic E-state index is 12.5. The zero-order valence-corrected chi connectivity index (χ0v) is 17.4. The van der Waals surface area contributed by atoms with E-state index in [2.05, 4.69) is 21.0 Å². The first-order valence-electron chi connectivity index (χ1n) is 9.45. The standard InChI is InChI=1S/C22H19N5O3S/c1-13-5-4-8-16(9-13)20-24-26-22(31)27(20)12-19(29)23-25-21(30)17-10-14-6-2-3-7-15(14)11-18(17)28/h2-11,28H,12H2,1H3,(H,23,29)(H,25,30)(H,26,31). The third-order valence-corrected chi connectivity index (χ3v) is 5.07. The number of hydrogen-bond acceptors (Lipinski definition) is 5. The van der Waals surface area contributed by atoms with E-state index in [9.17, 15) is 14.7 Å². The van der Waals surface area contributed by atoms with Crippen LogP contribution in [-0.4, -0.2) is 31.7 Å². The summed E-state index contributed by atoms with van der Waals surface area (Å²) in [5, 5.41) is 18.7. The average Bonchev–Trinajstić information content (AvgIpc) is 3.11. The highest BCUT2D eigenvalue weighted by atomic mass is 32.1. The number of phenols is 1. The second-order valence-corrected chi connectivity index (χ2v) is 7.41. The summed E-state index contributed by atoms with van der Waals surface area (Å²) in [5.74, 6) is -0.794. The molecule has 0 aliphatic rings. The van der Waals surface area contributed by atoms with Crippen LogP contribution in [0.5, 0.6) is 5.75 Å². The van der Waals surface area contributed by atoms with Crippen LogP contribution in [0.4, 0.5) is 0 Å². The quantitative estimate of drug-likeness (QED) is 0.292. The summed E-state index contributed by atoms with van der Waals surface area (Å²) in [4.78, 5) is 24.9. The number of carbonyl (C=O) groups excluding carboxylic acids is 2. The van der Waals surface area contributed by atoms with Crippen molar-refractivity contribution in [3.8, 4) is 17.1 Å². The second kappa shape index (κ2) is 8.41. The van der Waals surface area contributed by atoms with E-state index in [1.807, 2.05) is 55.5 Å². The number of aromatic nitrogens is 3. The van der Waals surface area contributed by atoms with Crippen molar-refractivity contribution in [3.05, 3.63) is 76.6 Å². The Morgan fingerprint density at radius 2 is 1.81 bits per heavy atom. The van der Waals surface area contributed by atoms with Gasteiger partial charge in [0.1, 0.15) is 12.3 Å². The molecule has 9 heteroatoms. The Balaban J connectivity index is 1.47. The third kappa shape index (κ3) is 4.31. The van der Waals surface area contributed by atoms with Crippen molar-refractivity contribution >= 4 is 34.8 Å². The summed E-state index contributed by atoms with van der Waals surface area (Å²) < 4.78 is 1.82. The Morgan fingerprint density at radius 3 is 2.55 bits per heavy atom. The smallest absolute Gasteiger partial charge is 0.273 e. The molecule has 0 saturated carbocycles. The third-order valence-electron chi connectivity index (χ3n) is 4.76. The van der Waals surface area contributed by atoms with Gasteiger partial charge in [-0.15, -0.1) is 0 Å². The SMILES string of the molecule is Cc1cccc(-c2n[nH]c(=S)n2CC(=O)NNC(=O)c2cc3ccccc3cc2O)c1. The molecule has 4 N–H and O–H groups in total. The Morgan fingerprint density at radius 1 is 1.06 bits per heavy atom. The molecule has 3 aromatic carbocycles. The van der Waals surface area contributed by atoms with Crippen molar-refractivity contribution < 1.29 is 14.7 Å². The summed E-state index contributed by atoms with van der Waals surface area (Å²) in [5.41, 5.74) is 6.59. The van der Waals surface area contributed by atoms with Crippen LogP contribution >= 0.6 is 12.2 Å². The number of phenolic OH excluding ortho intramolecular Hbond substituents is 1. The molecule has 156 valence electrons. The van der Waals surface area contributed by atoms with Crippen LogP contribution in [0.2, 0.25) is 0 Å². The van der Waals surface area contributed by atoms with Gasteiger partial charge in [-0.25, -0.2) is 0 Å². The lowest BCUT2D eigenvalue weighted by molar-refractivity contribution is -0.122. The highest BCUT2D eigenvalue weighted by molar-refractivity contribution is 7.71. The number of aromatic hydroxyl groups is 1. The van der Waals surface area contributed by atoms with E-state index < -0.39 is 11.8 Å². The van der Waals surface area contributed by atoms with Crippen molar-refractivity contribution in [1.82, 2.24) is 25.6 Å². The van der Waals surface area contributed by atoms with Crippen LogP contribution in [0, 0.1) is 11.7 Å². The number of fused-ring (bicyclic) bond motifs is 1. The van der Waals surface area contributed by atoms with E-state index in [-0.39, 0.29) is 22.6 Å². The highest BCUT2D eigenvalue weighted by Gasteiger charge is 2.16. The number of H-pyrrole nitrogens is 1. The van der Waals surface area contributed by atoms with E-state index in [0.717, 1.165) is 21.9 Å². The van der Waals surface area contributed by atoms with Gasteiger partial charge < -0.3 is 5.11 Å². The van der Waals surface area contributed by atoms with Crippen LogP contribution in [0.15, 0.2) is 60.7 Å². The van der Waals surface area contributed by atoms with Gasteiger partial charge in [0, 0.05) is 5.56 Å². The molecule has 0 radical (unpaired) electrons. The monoisotopic (exact) mass is 433 g/mol. The fourth-order valence-electron chi connectivity index (χ4n) is 3.26. The summed E-state index contributed by atoms with van der Waals surface area (Å²) >= 11 is 5.24. The minimum Gasteiger partial charge on any atom is -0.507 e. The molecule has 0 bridgehead atoms. The van der Waals surface area contributed by atoms with Gasteiger partial charge in [0.25, 0.3) is 11.8 Å². The Bertz CT molecular complexity index is 1360. The van der Waals surface area contributed by atoms with Gasteiger partial charge in [-0.3, -0.25) is 30.1 Å². The molecule has 1 aromatic heterocycles. The van der Waals surface area contributed by atoms with Crippen LogP contribution in [0.1, 0.15) is 15.9 Å². The van der Waals surface area contributed by atoms with E-state index in [1.54, 1.807) is 10.6 Å². The van der Waals surface area contributed by atoms with Gasteiger partial charge in [0.05, 0.1) is 5.56 Å². The highest BCUT2D eigenvalue weighted by Crippen LogP contribution is 2.24. The predicted octanol–water partition coefficient (Wildman–Crippen LogP) is 3.24. The maximum Gasteiger partial charge on any atom is 0.273 e. The van der Waals surface area contributed by atoms with E-state index in [1.165, 1.54) is 6.07 Å². The fourth-order valence-corrected chi connectivity index (χ4v) is 3.45. The van der Waals surface area contributed by atoms with E-state index in [4.69, 9.17) is 12.2 Å². The van der Waals surface area contributed by atoms with Gasteiger partial charge in [-0.1, -0.05) is 48.0 Å². The number of hydrazine groups is 1. The molecule has 31 heavy (non-hydrogen) atoms. The van der Waals surface area contributed by atoms with Crippen molar-refractivity contribution in [2.24, 2.45) is 0 Å². The first kappa shape index (κ1) is 20.3. The molecule has 8 nitrogen and oxygen atoms in total. The van der Waals surface area contributed by atoms with Gasteiger partial charge >= 0.3 is 0 Å². The molecule has 0 saturated heterocycles. The molecule has 0 unspecified atom stereocenters. The number of rotatable bonds is 4. The molecular weight excluding hydrogens is 414 g/mol. The topological polar surface area (TPSA) is 112 Å². The number of aryl methyl sites for hydroxylation is 1. The summed E-state index contributed by atoms with van der Waals surface area (Å²) in [7, 11) is 0. The van der Waals surface area contributed by atoms with Crippen LogP contribution in [0.3, 0.4) is 0 Å². The zero-order valence-electron chi connectivity index (χ0n) is 16.5. The summed E-state index contributed by atoms with van der Waals surface area (Å²) in [6.07, 6.45) is 0. The van der Waals surface area contributed by atoms with Crippen molar-refractivity contribution in [3.63, 3.8) is 0 Å². The van der Waals surface area contributed by atoms with Gasteiger partial charge in [-0.05, 0) is 48.1 Å². The Labute approximate surface area is 182 Å². The Kier molecular flexibility index (Phi) is 5.50. The molecule has 4 rings (SSSR count). The predicted molar refractivity (Wildman–Crippen MR) is 119 cm³/mol. The Hall–Kier alpha value is -3.98. The average molecular weight is 433 g/mol. The molecule has 0 aliphatic carbocycles. The molecular formula is C22H19N5O3S. The lowest BCUT2D eigenvalue weighted by Crippen LogP contribution is -2.43. The summed E-state index contributed by atoms with van der Waals surface area (Å²) in [6, 6.07) is 18.1. The molecule has 1 heterocycles. The number of nitrogens with one attached hydrogen (secondary N) is 3. The van der Waals surface area contributed by atoms with Gasteiger partial charge in [0.15, 0.2) is 10.6 Å². The normalized spacial score (nSPS) is 10.7. The number of amides is 2. The minimum absolute atomic E-state index is 0.0550. The van der Waals surface area contributed by atoms with Crippen LogP contribution in [0.25, 0.3) is 22.2 Å². The van der Waals surface area contributed by atoms with Crippen LogP contribution < -0.4 is 10.9 Å². The van der Waals surface area contributed by atoms with E-state index in [0.29, 0.717) is 5.82 Å². The molecule has 0 spiro atoms. The molecule has 0 fully saturated rings. The number of nitrogens with zero attached hydrogens (tertiary/aromatic N) is 2. The van der Waals surface area contributed by atoms with Gasteiger partial charge in [0.2, 0.25) is 0 Å². The minimum atomic E-state index is -0.633. The lowest BCUT2D eigenvalue weighted by Gasteiger charge is -2.11. The molecule has 4 aromatic rings. The number of benzene rings is 3. The first-order valence-corrected chi connectivity index (χ1v) is 9.86. The molecule has 0 atom stereocenters. The zero-order chi connectivity index (χ0) is 22.0. The largest absolute Gasteiger partial charge is 0.507 e. The van der Waals surface area contributed by atoms with Crippen LogP contribution in [-0.2, 0) is 11.3 Å². The molecule has 0 aliphatic heterocycles. The number of hydrogen-bond donors (Lipinski definition) is 4. The fraction of sp³-hybridized carbons (Fsp3) is 0.0909. The van der Waals surface area contributed by atoms with Crippen molar-refractivity contribution in [2.75, 3.05) is 0 Å². The number of carbonyl (C=O) groups is 2. The van der Waals surface area contributed by atoms with Gasteiger partial charge in [-0.2, -0.15) is 5.10 Å². The second-order valence-electron chi connectivity index (χ2n) is 7.03. The summed E-state index contributed by atoms with van der Waals surface area (Å²) in [6.45, 7) is 1.81. The van der Waals surface area contributed by atoms with E-state index >= 15 is 0 Å². The van der Waals surface area contributed by atoms with Crippen molar-refractivity contribution in [2.45, 2.75) is 13.5 Å². The maximum absolute atomic E-state index is 12.5. The molecule has 2 amide bonds.